The number of hydrogen-bond donors (Lipinski definition) is 1. The van der Waals surface area contributed by atoms with Crippen LogP contribution in [0.3, 0.4) is 0 Å². The van der Waals surface area contributed by atoms with E-state index in [-0.39, 0.29) is 0 Å². The molecule has 3 heteroatoms. The van der Waals surface area contributed by atoms with E-state index < -0.39 is 0 Å². The van der Waals surface area contributed by atoms with Crippen LogP contribution in [0.25, 0.3) is 0 Å². The molecule has 20 heavy (non-hydrogen) atoms. The molecule has 2 rings (SSSR count). The molecule has 3 nitrogen and oxygen atoms in total. The van der Waals surface area contributed by atoms with E-state index in [4.69, 9.17) is 9.47 Å². The Morgan fingerprint density at radius 2 is 1.90 bits per heavy atom. The summed E-state index contributed by atoms with van der Waals surface area (Å²) in [5.74, 6) is 2.58. The number of nitrogens with one attached hydrogen (secondary N) is 1. The lowest BCUT2D eigenvalue weighted by molar-refractivity contribution is 0.328. The summed E-state index contributed by atoms with van der Waals surface area (Å²) in [6, 6.07) is 6.35. The zero-order valence-electron chi connectivity index (χ0n) is 12.9. The summed E-state index contributed by atoms with van der Waals surface area (Å²) < 4.78 is 10.7. The van der Waals surface area contributed by atoms with Gasteiger partial charge in [-0.05, 0) is 38.3 Å². The van der Waals surface area contributed by atoms with Crippen molar-refractivity contribution in [3.05, 3.63) is 23.8 Å². The highest BCUT2D eigenvalue weighted by Crippen LogP contribution is 2.30. The third-order valence-corrected chi connectivity index (χ3v) is 4.34. The molecule has 1 aromatic rings. The van der Waals surface area contributed by atoms with Crippen LogP contribution >= 0.6 is 0 Å². The van der Waals surface area contributed by atoms with Crippen LogP contribution in [-0.2, 0) is 0 Å². The summed E-state index contributed by atoms with van der Waals surface area (Å²) >= 11 is 0. The molecule has 0 heterocycles. The molecule has 0 aromatic heterocycles. The fraction of sp³-hybridized carbons (Fsp3) is 0.647. The molecule has 1 aliphatic rings. The molecule has 1 N–H and O–H groups in total. The lowest BCUT2D eigenvalue weighted by atomic mass is 9.89. The van der Waals surface area contributed by atoms with Crippen LogP contribution in [0.15, 0.2) is 18.2 Å². The lowest BCUT2D eigenvalue weighted by Crippen LogP contribution is -2.27. The van der Waals surface area contributed by atoms with Gasteiger partial charge in [-0.15, -0.1) is 0 Å². The van der Waals surface area contributed by atoms with Gasteiger partial charge in [-0.2, -0.15) is 0 Å². The fourth-order valence-corrected chi connectivity index (χ4v) is 3.02. The Hall–Kier alpha value is -1.22. The Labute approximate surface area is 122 Å². The normalized spacial score (nSPS) is 17.8. The average Bonchev–Trinajstić information content (AvgIpc) is 2.52. The molecular weight excluding hydrogens is 250 g/mol. The summed E-state index contributed by atoms with van der Waals surface area (Å²) in [6.45, 7) is 3.31. The minimum Gasteiger partial charge on any atom is -0.497 e. The fourth-order valence-electron chi connectivity index (χ4n) is 3.02. The Balaban J connectivity index is 1.95. The van der Waals surface area contributed by atoms with Crippen molar-refractivity contribution in [2.24, 2.45) is 5.92 Å². The molecule has 1 fully saturated rings. The summed E-state index contributed by atoms with van der Waals surface area (Å²) in [6.07, 6.45) is 6.95. The standard InChI is InChI=1S/C17H27NO2/c1-13(18-12-14-7-5-4-6-8-14)16-10-9-15(19-2)11-17(16)20-3/h9-11,13-14,18H,4-8,12H2,1-3H3. The van der Waals surface area contributed by atoms with Crippen molar-refractivity contribution in [1.82, 2.24) is 5.32 Å². The molecule has 1 unspecified atom stereocenters. The first-order valence-electron chi connectivity index (χ1n) is 7.70. The molecular formula is C17H27NO2. The van der Waals surface area contributed by atoms with Gasteiger partial charge in [0.15, 0.2) is 0 Å². The van der Waals surface area contributed by atoms with Crippen LogP contribution in [0.5, 0.6) is 11.5 Å². The van der Waals surface area contributed by atoms with Crippen LogP contribution in [0.4, 0.5) is 0 Å². The van der Waals surface area contributed by atoms with Gasteiger partial charge in [0.1, 0.15) is 11.5 Å². The molecule has 0 spiro atoms. The average molecular weight is 277 g/mol. The van der Waals surface area contributed by atoms with E-state index in [0.29, 0.717) is 6.04 Å². The van der Waals surface area contributed by atoms with Crippen LogP contribution in [-0.4, -0.2) is 20.8 Å². The van der Waals surface area contributed by atoms with Crippen molar-refractivity contribution in [3.63, 3.8) is 0 Å². The summed E-state index contributed by atoms with van der Waals surface area (Å²) in [5.41, 5.74) is 1.20. The van der Waals surface area contributed by atoms with E-state index in [0.717, 1.165) is 24.0 Å². The number of hydrogen-bond acceptors (Lipinski definition) is 3. The Morgan fingerprint density at radius 1 is 1.15 bits per heavy atom. The van der Waals surface area contributed by atoms with Gasteiger partial charge in [0.25, 0.3) is 0 Å². The molecule has 1 atom stereocenters. The molecule has 0 aliphatic heterocycles. The Morgan fingerprint density at radius 3 is 2.55 bits per heavy atom. The smallest absolute Gasteiger partial charge is 0.127 e. The minimum absolute atomic E-state index is 0.304. The van der Waals surface area contributed by atoms with E-state index in [1.54, 1.807) is 14.2 Å². The van der Waals surface area contributed by atoms with Crippen LogP contribution in [0.2, 0.25) is 0 Å². The first kappa shape index (κ1) is 15.2. The van der Waals surface area contributed by atoms with Crippen molar-refractivity contribution >= 4 is 0 Å². The van der Waals surface area contributed by atoms with Crippen molar-refractivity contribution < 1.29 is 9.47 Å². The maximum absolute atomic E-state index is 5.48. The van der Waals surface area contributed by atoms with Gasteiger partial charge < -0.3 is 14.8 Å². The van der Waals surface area contributed by atoms with Crippen LogP contribution in [0.1, 0.15) is 50.6 Å². The van der Waals surface area contributed by atoms with Gasteiger partial charge in [-0.3, -0.25) is 0 Å². The highest BCUT2D eigenvalue weighted by molar-refractivity contribution is 5.42. The molecule has 0 saturated heterocycles. The molecule has 0 amide bonds. The minimum atomic E-state index is 0.304. The van der Waals surface area contributed by atoms with E-state index in [9.17, 15) is 0 Å². The van der Waals surface area contributed by atoms with Crippen LogP contribution in [0, 0.1) is 5.92 Å². The van der Waals surface area contributed by atoms with Gasteiger partial charge in [0, 0.05) is 17.7 Å². The first-order chi connectivity index (χ1) is 9.74. The topological polar surface area (TPSA) is 30.5 Å². The third kappa shape index (κ3) is 3.89. The lowest BCUT2D eigenvalue weighted by Gasteiger charge is -2.25. The molecule has 1 aliphatic carbocycles. The van der Waals surface area contributed by atoms with Gasteiger partial charge in [0.05, 0.1) is 14.2 Å². The number of benzene rings is 1. The Bertz CT molecular complexity index is 413. The summed E-state index contributed by atoms with van der Waals surface area (Å²) in [5, 5.41) is 3.66. The second-order valence-electron chi connectivity index (χ2n) is 5.74. The Kier molecular flexibility index (Phi) is 5.72. The highest BCUT2D eigenvalue weighted by atomic mass is 16.5. The van der Waals surface area contributed by atoms with Gasteiger partial charge in [-0.1, -0.05) is 25.3 Å². The van der Waals surface area contributed by atoms with E-state index >= 15 is 0 Å². The quantitative estimate of drug-likeness (QED) is 0.854. The second kappa shape index (κ2) is 7.53. The zero-order valence-corrected chi connectivity index (χ0v) is 12.9. The molecule has 0 radical (unpaired) electrons. The van der Waals surface area contributed by atoms with Crippen molar-refractivity contribution in [2.75, 3.05) is 20.8 Å². The number of ether oxygens (including phenoxy) is 2. The van der Waals surface area contributed by atoms with Crippen molar-refractivity contribution in [2.45, 2.75) is 45.1 Å². The zero-order chi connectivity index (χ0) is 14.4. The van der Waals surface area contributed by atoms with Crippen molar-refractivity contribution in [1.29, 1.82) is 0 Å². The van der Waals surface area contributed by atoms with Gasteiger partial charge >= 0.3 is 0 Å². The van der Waals surface area contributed by atoms with E-state index in [1.165, 1.54) is 37.7 Å². The van der Waals surface area contributed by atoms with Gasteiger partial charge in [0.2, 0.25) is 0 Å². The van der Waals surface area contributed by atoms with E-state index in [1.807, 2.05) is 12.1 Å². The third-order valence-electron chi connectivity index (χ3n) is 4.34. The number of methoxy groups -OCH3 is 2. The SMILES string of the molecule is COc1ccc(C(C)NCC2CCCCC2)c(OC)c1. The van der Waals surface area contributed by atoms with Crippen LogP contribution < -0.4 is 14.8 Å². The second-order valence-corrected chi connectivity index (χ2v) is 5.74. The molecule has 0 bridgehead atoms. The summed E-state index contributed by atoms with van der Waals surface area (Å²) in [7, 11) is 3.39. The number of rotatable bonds is 6. The molecule has 1 aromatic carbocycles. The monoisotopic (exact) mass is 277 g/mol. The maximum Gasteiger partial charge on any atom is 0.127 e. The summed E-state index contributed by atoms with van der Waals surface area (Å²) in [4.78, 5) is 0. The first-order valence-corrected chi connectivity index (χ1v) is 7.70. The van der Waals surface area contributed by atoms with E-state index in [2.05, 4.69) is 18.3 Å². The van der Waals surface area contributed by atoms with Crippen molar-refractivity contribution in [3.8, 4) is 11.5 Å². The predicted octanol–water partition coefficient (Wildman–Crippen LogP) is 3.93. The largest absolute Gasteiger partial charge is 0.497 e. The predicted molar refractivity (Wildman–Crippen MR) is 82.5 cm³/mol. The molecule has 1 saturated carbocycles. The van der Waals surface area contributed by atoms with Gasteiger partial charge in [-0.25, -0.2) is 0 Å². The maximum atomic E-state index is 5.48. The molecule has 112 valence electrons. The highest BCUT2D eigenvalue weighted by Gasteiger charge is 2.16.